The Hall–Kier alpha value is -4.64. The highest BCUT2D eigenvalue weighted by Crippen LogP contribution is 2.47. The summed E-state index contributed by atoms with van der Waals surface area (Å²) in [5.41, 5.74) is 10.4. The molecule has 5 atom stereocenters. The number of nitrogen functional groups attached to an aromatic ring is 1. The van der Waals surface area contributed by atoms with Gasteiger partial charge in [-0.3, -0.25) is 9.59 Å². The molecule has 5 rings (SSSR count). The predicted octanol–water partition coefficient (Wildman–Crippen LogP) is 5.18. The highest BCUT2D eigenvalue weighted by Gasteiger charge is 2.40. The molecule has 0 saturated carbocycles. The van der Waals surface area contributed by atoms with Crippen LogP contribution in [0.25, 0.3) is 0 Å². The van der Waals surface area contributed by atoms with Gasteiger partial charge in [-0.05, 0) is 92.3 Å². The molecule has 2 aliphatic heterocycles. The van der Waals surface area contributed by atoms with Crippen molar-refractivity contribution in [3.05, 3.63) is 89.7 Å². The highest BCUT2D eigenvalue weighted by molar-refractivity contribution is 5.98. The summed E-state index contributed by atoms with van der Waals surface area (Å²) in [6.07, 6.45) is 1.58. The first kappa shape index (κ1) is 31.8. The van der Waals surface area contributed by atoms with Gasteiger partial charge >= 0.3 is 6.09 Å². The second kappa shape index (κ2) is 14.0. The van der Waals surface area contributed by atoms with Crippen molar-refractivity contribution in [1.29, 1.82) is 0 Å². The molecule has 0 spiro atoms. The zero-order chi connectivity index (χ0) is 32.1. The third kappa shape index (κ3) is 7.04. The zero-order valence-corrected chi connectivity index (χ0v) is 25.7. The van der Waals surface area contributed by atoms with Crippen molar-refractivity contribution in [3.8, 4) is 0 Å². The number of nitrogens with two attached hydrogens (primary N) is 1. The number of hydrogen-bond acceptors (Lipinski definition) is 7. The van der Waals surface area contributed by atoms with E-state index in [1.165, 1.54) is 31.3 Å². The third-order valence-electron chi connectivity index (χ3n) is 8.80. The predicted molar refractivity (Wildman–Crippen MR) is 170 cm³/mol. The van der Waals surface area contributed by atoms with E-state index in [-0.39, 0.29) is 23.8 Å². The number of ether oxygens (including phenoxy) is 2. The van der Waals surface area contributed by atoms with Gasteiger partial charge in [-0.2, -0.15) is 0 Å². The van der Waals surface area contributed by atoms with Gasteiger partial charge in [0, 0.05) is 30.7 Å². The SMILES string of the molecule is COC(=O)NC(C(=O)N1CCC[C@H]1C(=O)Nc1ccc([C@H]2CC[C@H](c3ccc(N)cc3)N2c2ccc(F)cc2)cc1)[C@@H](C)OC. The summed E-state index contributed by atoms with van der Waals surface area (Å²) in [5.74, 6) is -0.988. The van der Waals surface area contributed by atoms with E-state index in [1.807, 2.05) is 48.5 Å². The minimum atomic E-state index is -0.998. The van der Waals surface area contributed by atoms with Crippen LogP contribution in [0.4, 0.5) is 26.2 Å². The number of halogens is 1. The quantitative estimate of drug-likeness (QED) is 0.283. The molecule has 3 aromatic carbocycles. The van der Waals surface area contributed by atoms with Crippen molar-refractivity contribution in [2.45, 2.75) is 62.9 Å². The molecule has 2 heterocycles. The van der Waals surface area contributed by atoms with Crippen LogP contribution < -0.4 is 21.3 Å². The molecule has 238 valence electrons. The topological polar surface area (TPSA) is 126 Å². The molecule has 0 aromatic heterocycles. The van der Waals surface area contributed by atoms with Gasteiger partial charge in [-0.25, -0.2) is 9.18 Å². The Morgan fingerprint density at radius 2 is 1.49 bits per heavy atom. The van der Waals surface area contributed by atoms with E-state index < -0.39 is 30.2 Å². The monoisotopic (exact) mass is 617 g/mol. The lowest BCUT2D eigenvalue weighted by Gasteiger charge is -2.33. The molecule has 2 fully saturated rings. The van der Waals surface area contributed by atoms with Crippen LogP contribution in [0.2, 0.25) is 0 Å². The number of nitrogens with zero attached hydrogens (tertiary/aromatic N) is 2. The summed E-state index contributed by atoms with van der Waals surface area (Å²) < 4.78 is 23.8. The number of methoxy groups -OCH3 is 2. The first-order valence-corrected chi connectivity index (χ1v) is 15.2. The number of anilines is 3. The van der Waals surface area contributed by atoms with Gasteiger partial charge in [0.05, 0.1) is 25.3 Å². The number of benzene rings is 3. The fourth-order valence-electron chi connectivity index (χ4n) is 6.35. The summed E-state index contributed by atoms with van der Waals surface area (Å²) in [7, 11) is 2.67. The second-order valence-corrected chi connectivity index (χ2v) is 11.5. The molecule has 10 nitrogen and oxygen atoms in total. The fourth-order valence-corrected chi connectivity index (χ4v) is 6.35. The Balaban J connectivity index is 1.31. The first-order chi connectivity index (χ1) is 21.7. The van der Waals surface area contributed by atoms with Crippen molar-refractivity contribution >= 4 is 35.0 Å². The standard InChI is InChI=1S/C34H40FN5O5/c1-21(44-2)31(38-34(43)45-3)33(42)39-20-4-5-30(39)32(41)37-26-14-8-23(9-15-26)29-19-18-28(22-6-12-25(36)13-7-22)40(29)27-16-10-24(35)11-17-27/h6-17,21,28-31H,4-5,18-20,36H2,1-3H3,(H,37,41)(H,38,43)/t21-,28-,29-,30+,31?/m1/s1. The largest absolute Gasteiger partial charge is 0.453 e. The van der Waals surface area contributed by atoms with Gasteiger partial charge in [0.2, 0.25) is 11.8 Å². The number of carbonyl (C=O) groups excluding carboxylic acids is 3. The van der Waals surface area contributed by atoms with Crippen LogP contribution in [-0.2, 0) is 19.1 Å². The summed E-state index contributed by atoms with van der Waals surface area (Å²) in [4.78, 5) is 42.5. The highest BCUT2D eigenvalue weighted by atomic mass is 19.1. The maximum atomic E-state index is 13.8. The number of carbonyl (C=O) groups is 3. The lowest BCUT2D eigenvalue weighted by Crippen LogP contribution is -2.56. The number of likely N-dealkylation sites (tertiary alicyclic amines) is 1. The molecule has 1 unspecified atom stereocenters. The van der Waals surface area contributed by atoms with Crippen LogP contribution in [0.3, 0.4) is 0 Å². The number of alkyl carbamates (subject to hydrolysis) is 1. The molecule has 2 saturated heterocycles. The van der Waals surface area contributed by atoms with Gasteiger partial charge in [0.25, 0.3) is 0 Å². The number of hydrogen-bond donors (Lipinski definition) is 3. The van der Waals surface area contributed by atoms with E-state index in [9.17, 15) is 18.8 Å². The van der Waals surface area contributed by atoms with Crippen LogP contribution in [0.15, 0.2) is 72.8 Å². The van der Waals surface area contributed by atoms with Gasteiger partial charge in [-0.15, -0.1) is 0 Å². The summed E-state index contributed by atoms with van der Waals surface area (Å²) in [6.45, 7) is 2.06. The normalized spacial score (nSPS) is 20.8. The van der Waals surface area contributed by atoms with E-state index in [2.05, 4.69) is 20.3 Å². The Labute approximate surface area is 262 Å². The fraction of sp³-hybridized carbons (Fsp3) is 0.382. The van der Waals surface area contributed by atoms with Crippen molar-refractivity contribution < 1.29 is 28.2 Å². The van der Waals surface area contributed by atoms with E-state index in [0.717, 1.165) is 29.7 Å². The summed E-state index contributed by atoms with van der Waals surface area (Å²) in [5, 5.41) is 5.50. The Morgan fingerprint density at radius 3 is 2.07 bits per heavy atom. The van der Waals surface area contributed by atoms with Crippen molar-refractivity contribution in [3.63, 3.8) is 0 Å². The van der Waals surface area contributed by atoms with Crippen molar-refractivity contribution in [1.82, 2.24) is 10.2 Å². The lowest BCUT2D eigenvalue weighted by atomic mass is 10.0. The summed E-state index contributed by atoms with van der Waals surface area (Å²) >= 11 is 0. The lowest BCUT2D eigenvalue weighted by molar-refractivity contribution is -0.141. The molecule has 45 heavy (non-hydrogen) atoms. The molecule has 0 bridgehead atoms. The number of amides is 3. The van der Waals surface area contributed by atoms with Crippen LogP contribution in [0.1, 0.15) is 55.8 Å². The maximum Gasteiger partial charge on any atom is 0.407 e. The van der Waals surface area contributed by atoms with E-state index in [0.29, 0.717) is 30.8 Å². The molecular formula is C34H40FN5O5. The molecule has 11 heteroatoms. The number of nitrogens with one attached hydrogen (secondary N) is 2. The molecule has 0 aliphatic carbocycles. The molecule has 0 radical (unpaired) electrons. The van der Waals surface area contributed by atoms with E-state index >= 15 is 0 Å². The average molecular weight is 618 g/mol. The van der Waals surface area contributed by atoms with E-state index in [1.54, 1.807) is 19.1 Å². The van der Waals surface area contributed by atoms with E-state index in [4.69, 9.17) is 10.5 Å². The Morgan fingerprint density at radius 1 is 0.889 bits per heavy atom. The van der Waals surface area contributed by atoms with Crippen LogP contribution >= 0.6 is 0 Å². The molecular weight excluding hydrogens is 577 g/mol. The minimum Gasteiger partial charge on any atom is -0.453 e. The summed E-state index contributed by atoms with van der Waals surface area (Å²) in [6, 6.07) is 20.6. The Bertz CT molecular complexity index is 1480. The molecule has 3 aromatic rings. The molecule has 4 N–H and O–H groups in total. The third-order valence-corrected chi connectivity index (χ3v) is 8.80. The van der Waals surface area contributed by atoms with Crippen LogP contribution in [0.5, 0.6) is 0 Å². The minimum absolute atomic E-state index is 0.0349. The van der Waals surface area contributed by atoms with Gasteiger partial charge in [0.15, 0.2) is 0 Å². The second-order valence-electron chi connectivity index (χ2n) is 11.5. The van der Waals surface area contributed by atoms with Crippen molar-refractivity contribution in [2.75, 3.05) is 36.7 Å². The molecule has 3 amide bonds. The first-order valence-electron chi connectivity index (χ1n) is 15.2. The van der Waals surface area contributed by atoms with Crippen LogP contribution in [-0.4, -0.2) is 61.8 Å². The Kier molecular flexibility index (Phi) is 9.87. The molecule has 2 aliphatic rings. The van der Waals surface area contributed by atoms with Gasteiger partial charge in [0.1, 0.15) is 17.9 Å². The van der Waals surface area contributed by atoms with Gasteiger partial charge < -0.3 is 35.6 Å². The zero-order valence-electron chi connectivity index (χ0n) is 25.7. The van der Waals surface area contributed by atoms with Crippen LogP contribution in [0, 0.1) is 5.82 Å². The maximum absolute atomic E-state index is 13.8. The smallest absolute Gasteiger partial charge is 0.407 e. The number of rotatable bonds is 9. The average Bonchev–Trinajstić information content (AvgIpc) is 3.72. The van der Waals surface area contributed by atoms with Gasteiger partial charge in [-0.1, -0.05) is 24.3 Å². The van der Waals surface area contributed by atoms with Crippen molar-refractivity contribution in [2.24, 2.45) is 0 Å².